The van der Waals surface area contributed by atoms with Crippen LogP contribution in [0.25, 0.3) is 0 Å². The van der Waals surface area contributed by atoms with Crippen LogP contribution in [0.5, 0.6) is 0 Å². The van der Waals surface area contributed by atoms with Crippen molar-refractivity contribution in [2.75, 3.05) is 13.1 Å². The van der Waals surface area contributed by atoms with Crippen LogP contribution in [0.4, 0.5) is 0 Å². The van der Waals surface area contributed by atoms with Gasteiger partial charge in [-0.15, -0.1) is 0 Å². The maximum Gasteiger partial charge on any atom is 0.253 e. The number of piperidine rings is 1. The molecule has 2 aromatic rings. The first-order chi connectivity index (χ1) is 14.4. The fourth-order valence-corrected chi connectivity index (χ4v) is 5.33. The Morgan fingerprint density at radius 1 is 1.03 bits per heavy atom. The molecule has 30 heavy (non-hydrogen) atoms. The van der Waals surface area contributed by atoms with Crippen LogP contribution in [0.15, 0.2) is 30.6 Å². The average Bonchev–Trinajstić information content (AvgIpc) is 3.47. The van der Waals surface area contributed by atoms with Crippen molar-refractivity contribution in [3.8, 4) is 0 Å². The number of carbonyl (C=O) groups excluding carboxylic acids is 2. The van der Waals surface area contributed by atoms with Crippen LogP contribution >= 0.6 is 0 Å². The van der Waals surface area contributed by atoms with Crippen LogP contribution in [0.3, 0.4) is 0 Å². The number of rotatable bonds is 3. The van der Waals surface area contributed by atoms with Gasteiger partial charge in [0.05, 0.1) is 6.04 Å². The van der Waals surface area contributed by atoms with E-state index in [1.165, 1.54) is 0 Å². The summed E-state index contributed by atoms with van der Waals surface area (Å²) in [4.78, 5) is 32.4. The lowest BCUT2D eigenvalue weighted by Gasteiger charge is -2.49. The lowest BCUT2D eigenvalue weighted by molar-refractivity contribution is -0.125. The third-order valence-corrected chi connectivity index (χ3v) is 7.22. The molecule has 158 valence electrons. The second-order valence-electron chi connectivity index (χ2n) is 9.48. The van der Waals surface area contributed by atoms with E-state index in [1.807, 2.05) is 43.3 Å². The molecule has 1 saturated heterocycles. The Kier molecular flexibility index (Phi) is 4.68. The minimum absolute atomic E-state index is 0.0226. The fourth-order valence-electron chi connectivity index (χ4n) is 5.33. The van der Waals surface area contributed by atoms with Crippen molar-refractivity contribution in [3.63, 3.8) is 0 Å². The van der Waals surface area contributed by atoms with Crippen LogP contribution in [0.1, 0.15) is 65.5 Å². The molecule has 1 aromatic carbocycles. The van der Waals surface area contributed by atoms with Crippen LogP contribution in [-0.2, 0) is 11.3 Å². The highest BCUT2D eigenvalue weighted by Crippen LogP contribution is 2.49. The molecule has 0 unspecified atom stereocenters. The van der Waals surface area contributed by atoms with E-state index in [4.69, 9.17) is 0 Å². The number of hydrogen-bond donors (Lipinski definition) is 1. The van der Waals surface area contributed by atoms with E-state index in [-0.39, 0.29) is 29.2 Å². The van der Waals surface area contributed by atoms with E-state index < -0.39 is 0 Å². The first-order valence-corrected chi connectivity index (χ1v) is 11.1. The molecule has 3 aliphatic rings. The predicted molar refractivity (Wildman–Crippen MR) is 114 cm³/mol. The molecule has 1 spiro atoms. The van der Waals surface area contributed by atoms with E-state index in [0.717, 1.165) is 74.3 Å². The molecule has 5 rings (SSSR count). The Morgan fingerprint density at radius 2 is 1.70 bits per heavy atom. The molecule has 2 amide bonds. The van der Waals surface area contributed by atoms with Gasteiger partial charge < -0.3 is 14.8 Å². The molecule has 6 heteroatoms. The molecule has 1 aliphatic carbocycles. The number of hydrogen-bond acceptors (Lipinski definition) is 3. The van der Waals surface area contributed by atoms with E-state index in [2.05, 4.69) is 20.9 Å². The van der Waals surface area contributed by atoms with Crippen LogP contribution in [-0.4, -0.2) is 39.4 Å². The van der Waals surface area contributed by atoms with Gasteiger partial charge in [-0.2, -0.15) is 0 Å². The van der Waals surface area contributed by atoms with E-state index in [9.17, 15) is 9.59 Å². The Labute approximate surface area is 177 Å². The summed E-state index contributed by atoms with van der Waals surface area (Å²) in [6.45, 7) is 6.44. The number of nitrogens with one attached hydrogen (secondary N) is 1. The van der Waals surface area contributed by atoms with E-state index >= 15 is 0 Å². The zero-order valence-electron chi connectivity index (χ0n) is 17.9. The number of carbonyl (C=O) groups is 2. The molecule has 1 N–H and O–H groups in total. The van der Waals surface area contributed by atoms with Gasteiger partial charge in [0.25, 0.3) is 5.91 Å². The molecule has 6 nitrogen and oxygen atoms in total. The molecule has 0 radical (unpaired) electrons. The normalized spacial score (nSPS) is 22.6. The van der Waals surface area contributed by atoms with Gasteiger partial charge in [0.2, 0.25) is 5.91 Å². The van der Waals surface area contributed by atoms with Crippen molar-refractivity contribution in [2.45, 2.75) is 58.5 Å². The largest absolute Gasteiger partial charge is 0.345 e. The third kappa shape index (κ3) is 3.42. The second kappa shape index (κ2) is 7.25. The number of aromatic nitrogens is 2. The van der Waals surface area contributed by atoms with E-state index in [1.54, 1.807) is 0 Å². The summed E-state index contributed by atoms with van der Waals surface area (Å²) >= 11 is 0. The quantitative estimate of drug-likeness (QED) is 0.850. The summed E-state index contributed by atoms with van der Waals surface area (Å²) in [7, 11) is 0. The number of benzene rings is 1. The minimum atomic E-state index is -0.0622. The molecule has 1 saturated carbocycles. The highest BCUT2D eigenvalue weighted by atomic mass is 16.2. The van der Waals surface area contributed by atoms with E-state index in [0.29, 0.717) is 0 Å². The molecule has 2 aliphatic heterocycles. The van der Waals surface area contributed by atoms with Crippen molar-refractivity contribution in [1.29, 1.82) is 0 Å². The van der Waals surface area contributed by atoms with Gasteiger partial charge in [0.15, 0.2) is 0 Å². The lowest BCUT2D eigenvalue weighted by Crippen LogP contribution is -2.52. The van der Waals surface area contributed by atoms with Crippen LogP contribution in [0.2, 0.25) is 0 Å². The van der Waals surface area contributed by atoms with Crippen molar-refractivity contribution < 1.29 is 9.59 Å². The molecule has 2 fully saturated rings. The highest BCUT2D eigenvalue weighted by molar-refractivity contribution is 5.94. The van der Waals surface area contributed by atoms with Gasteiger partial charge in [0.1, 0.15) is 5.82 Å². The van der Waals surface area contributed by atoms with Crippen LogP contribution < -0.4 is 5.32 Å². The summed E-state index contributed by atoms with van der Waals surface area (Å²) in [5, 5.41) is 3.35. The van der Waals surface area contributed by atoms with Gasteiger partial charge in [-0.3, -0.25) is 9.59 Å². The summed E-state index contributed by atoms with van der Waals surface area (Å²) in [5.41, 5.74) is 2.99. The fraction of sp³-hybridized carbons (Fsp3) is 0.542. The zero-order valence-corrected chi connectivity index (χ0v) is 17.9. The van der Waals surface area contributed by atoms with Gasteiger partial charge in [-0.1, -0.05) is 17.2 Å². The molecular formula is C24H30N4O2. The average molecular weight is 407 g/mol. The molecule has 3 heterocycles. The number of aryl methyl sites for hydroxylation is 3. The van der Waals surface area contributed by atoms with Gasteiger partial charge in [-0.05, 0) is 58.1 Å². The standard InChI is InChI=1S/C24H30N4O2/c1-16-13-17(2)15-19(14-16)23(30)28-10-6-24(7-11-28)5-9-27-12-8-25-21(27)20(24)26-22(29)18-3-4-18/h8,12-15,18,20H,3-7,9-11H2,1-2H3,(H,26,29)/t20-/m0/s1. The topological polar surface area (TPSA) is 67.2 Å². The number of likely N-dealkylation sites (tertiary alicyclic amines) is 1. The van der Waals surface area contributed by atoms with Gasteiger partial charge in [0, 0.05) is 48.9 Å². The van der Waals surface area contributed by atoms with Gasteiger partial charge >= 0.3 is 0 Å². The molecule has 0 bridgehead atoms. The Bertz CT molecular complexity index is 963. The summed E-state index contributed by atoms with van der Waals surface area (Å²) in [5.74, 6) is 1.44. The summed E-state index contributed by atoms with van der Waals surface area (Å²) in [6, 6.07) is 6.00. The first kappa shape index (κ1) is 19.3. The lowest BCUT2D eigenvalue weighted by atomic mass is 9.68. The number of fused-ring (bicyclic) bond motifs is 1. The monoisotopic (exact) mass is 406 g/mol. The zero-order chi connectivity index (χ0) is 20.9. The van der Waals surface area contributed by atoms with Gasteiger partial charge in [-0.25, -0.2) is 4.98 Å². The maximum atomic E-state index is 13.1. The Balaban J connectivity index is 1.35. The molecule has 1 atom stereocenters. The molecule has 1 aromatic heterocycles. The SMILES string of the molecule is Cc1cc(C)cc(C(=O)N2CCC3(CC2)CCn2ccnc2[C@@H]3NC(=O)C2CC2)c1. The maximum absolute atomic E-state index is 13.1. The summed E-state index contributed by atoms with van der Waals surface area (Å²) in [6.07, 6.45) is 8.65. The van der Waals surface area contributed by atoms with Crippen molar-refractivity contribution in [1.82, 2.24) is 19.8 Å². The smallest absolute Gasteiger partial charge is 0.253 e. The Morgan fingerprint density at radius 3 is 2.37 bits per heavy atom. The van der Waals surface area contributed by atoms with Crippen molar-refractivity contribution in [3.05, 3.63) is 53.1 Å². The van der Waals surface area contributed by atoms with Crippen LogP contribution in [0, 0.1) is 25.2 Å². The predicted octanol–water partition coefficient (Wildman–Crippen LogP) is 3.39. The number of nitrogens with zero attached hydrogens (tertiary/aromatic N) is 3. The minimum Gasteiger partial charge on any atom is -0.345 e. The van der Waals surface area contributed by atoms with Crippen molar-refractivity contribution >= 4 is 11.8 Å². The number of imidazole rings is 1. The third-order valence-electron chi connectivity index (χ3n) is 7.22. The highest BCUT2D eigenvalue weighted by Gasteiger charge is 2.48. The number of amides is 2. The molecular weight excluding hydrogens is 376 g/mol. The first-order valence-electron chi connectivity index (χ1n) is 11.1. The van der Waals surface area contributed by atoms with Crippen molar-refractivity contribution in [2.24, 2.45) is 11.3 Å². The Hall–Kier alpha value is -2.63. The summed E-state index contributed by atoms with van der Waals surface area (Å²) < 4.78 is 2.18. The second-order valence-corrected chi connectivity index (χ2v) is 9.48.